The Morgan fingerprint density at radius 1 is 0.750 bits per heavy atom. The first-order valence-corrected chi connectivity index (χ1v) is 10.0. The van der Waals surface area contributed by atoms with Crippen LogP contribution in [0.1, 0.15) is 26.3 Å². The van der Waals surface area contributed by atoms with Crippen molar-refractivity contribution >= 4 is 34.5 Å². The van der Waals surface area contributed by atoms with E-state index in [-0.39, 0.29) is 11.8 Å². The fourth-order valence-electron chi connectivity index (χ4n) is 3.31. The van der Waals surface area contributed by atoms with Gasteiger partial charge < -0.3 is 10.1 Å². The van der Waals surface area contributed by atoms with Gasteiger partial charge in [0.25, 0.3) is 11.8 Å². The topological polar surface area (TPSA) is 79.8 Å². The van der Waals surface area contributed by atoms with E-state index in [0.717, 1.165) is 22.1 Å². The van der Waals surface area contributed by atoms with E-state index in [4.69, 9.17) is 4.74 Å². The first-order valence-electron chi connectivity index (χ1n) is 10.0. The molecular weight excluding hydrogens is 402 g/mol. The van der Waals surface area contributed by atoms with Crippen LogP contribution in [0.25, 0.3) is 10.8 Å². The van der Waals surface area contributed by atoms with Gasteiger partial charge >= 0.3 is 0 Å². The van der Waals surface area contributed by atoms with Gasteiger partial charge in [-0.15, -0.1) is 0 Å². The zero-order valence-corrected chi connectivity index (χ0v) is 17.4. The summed E-state index contributed by atoms with van der Waals surface area (Å²) in [4.78, 5) is 24.6. The maximum Gasteiger partial charge on any atom is 0.271 e. The fourth-order valence-corrected chi connectivity index (χ4v) is 3.31. The third kappa shape index (κ3) is 4.65. The van der Waals surface area contributed by atoms with Crippen molar-refractivity contribution in [2.75, 3.05) is 12.4 Å². The molecule has 0 saturated heterocycles. The number of benzene rings is 4. The highest BCUT2D eigenvalue weighted by Gasteiger charge is 2.08. The Balaban J connectivity index is 1.41. The molecule has 6 heteroatoms. The minimum atomic E-state index is -0.347. The number of amides is 2. The summed E-state index contributed by atoms with van der Waals surface area (Å²) in [6.45, 7) is 0. The van der Waals surface area contributed by atoms with Crippen molar-refractivity contribution in [3.05, 3.63) is 108 Å². The van der Waals surface area contributed by atoms with Crippen LogP contribution in [0.3, 0.4) is 0 Å². The SMILES string of the molecule is COc1ccc(C=NNC(=O)c2ccc(NC(=O)c3ccccc3)cc2)c2ccccc12. The third-order valence-corrected chi connectivity index (χ3v) is 4.95. The van der Waals surface area contributed by atoms with Crippen molar-refractivity contribution < 1.29 is 14.3 Å². The first-order chi connectivity index (χ1) is 15.7. The fraction of sp³-hybridized carbons (Fsp3) is 0.0385. The normalized spacial score (nSPS) is 10.8. The van der Waals surface area contributed by atoms with Crippen molar-refractivity contribution in [3.63, 3.8) is 0 Å². The van der Waals surface area contributed by atoms with E-state index in [1.165, 1.54) is 0 Å². The van der Waals surface area contributed by atoms with Crippen molar-refractivity contribution in [2.45, 2.75) is 0 Å². The van der Waals surface area contributed by atoms with Crippen molar-refractivity contribution in [1.29, 1.82) is 0 Å². The minimum absolute atomic E-state index is 0.209. The lowest BCUT2D eigenvalue weighted by atomic mass is 10.0. The summed E-state index contributed by atoms with van der Waals surface area (Å²) in [6.07, 6.45) is 1.61. The molecule has 0 bridgehead atoms. The van der Waals surface area contributed by atoms with Gasteiger partial charge in [0.1, 0.15) is 5.75 Å². The van der Waals surface area contributed by atoms with Crippen LogP contribution in [-0.4, -0.2) is 25.1 Å². The van der Waals surface area contributed by atoms with Gasteiger partial charge in [-0.2, -0.15) is 5.10 Å². The third-order valence-electron chi connectivity index (χ3n) is 4.95. The Labute approximate surface area is 185 Å². The molecule has 158 valence electrons. The molecule has 0 atom stereocenters. The lowest BCUT2D eigenvalue weighted by molar-refractivity contribution is 0.0954. The van der Waals surface area contributed by atoms with E-state index >= 15 is 0 Å². The largest absolute Gasteiger partial charge is 0.496 e. The molecule has 0 radical (unpaired) electrons. The van der Waals surface area contributed by atoms with Crippen LogP contribution < -0.4 is 15.5 Å². The maximum absolute atomic E-state index is 12.4. The van der Waals surface area contributed by atoms with Crippen LogP contribution in [0.2, 0.25) is 0 Å². The summed E-state index contributed by atoms with van der Waals surface area (Å²) in [6, 6.07) is 27.1. The van der Waals surface area contributed by atoms with Crippen LogP contribution in [-0.2, 0) is 0 Å². The molecule has 2 amide bonds. The average molecular weight is 423 g/mol. The summed E-state index contributed by atoms with van der Waals surface area (Å²) in [5.41, 5.74) is 5.00. The summed E-state index contributed by atoms with van der Waals surface area (Å²) in [5.74, 6) is 0.223. The molecule has 4 aromatic rings. The van der Waals surface area contributed by atoms with Crippen LogP contribution in [0.5, 0.6) is 5.75 Å². The number of ether oxygens (including phenoxy) is 1. The molecule has 2 N–H and O–H groups in total. The van der Waals surface area contributed by atoms with Gasteiger partial charge in [0.15, 0.2) is 0 Å². The van der Waals surface area contributed by atoms with E-state index in [2.05, 4.69) is 15.8 Å². The highest BCUT2D eigenvalue weighted by atomic mass is 16.5. The van der Waals surface area contributed by atoms with Gasteiger partial charge in [0, 0.05) is 27.8 Å². The quantitative estimate of drug-likeness (QED) is 0.343. The summed E-state index contributed by atoms with van der Waals surface area (Å²) >= 11 is 0. The van der Waals surface area contributed by atoms with E-state index in [9.17, 15) is 9.59 Å². The molecule has 4 aromatic carbocycles. The molecule has 32 heavy (non-hydrogen) atoms. The van der Waals surface area contributed by atoms with E-state index in [1.807, 2.05) is 42.5 Å². The highest BCUT2D eigenvalue weighted by molar-refractivity contribution is 6.05. The van der Waals surface area contributed by atoms with Gasteiger partial charge in [-0.05, 0) is 53.9 Å². The Bertz CT molecular complexity index is 1280. The summed E-state index contributed by atoms with van der Waals surface area (Å²) in [7, 11) is 1.63. The molecule has 0 fully saturated rings. The van der Waals surface area contributed by atoms with Crippen LogP contribution in [0.4, 0.5) is 5.69 Å². The lowest BCUT2D eigenvalue weighted by Crippen LogP contribution is -2.18. The molecule has 4 rings (SSSR count). The van der Waals surface area contributed by atoms with Gasteiger partial charge in [-0.1, -0.05) is 42.5 Å². The molecule has 0 aliphatic heterocycles. The number of hydrazone groups is 1. The second-order valence-electron chi connectivity index (χ2n) is 7.00. The molecule has 0 aliphatic carbocycles. The molecule has 0 saturated carbocycles. The molecule has 0 unspecified atom stereocenters. The summed E-state index contributed by atoms with van der Waals surface area (Å²) < 4.78 is 5.40. The number of rotatable bonds is 6. The zero-order valence-electron chi connectivity index (χ0n) is 17.4. The van der Waals surface area contributed by atoms with E-state index in [0.29, 0.717) is 16.8 Å². The standard InChI is InChI=1S/C26H21N3O3/c1-32-24-16-13-20(22-9-5-6-10-23(22)24)17-27-29-26(31)19-11-14-21(15-12-19)28-25(30)18-7-3-2-4-8-18/h2-17H,1H3,(H,28,30)(H,29,31). The number of hydrogen-bond donors (Lipinski definition) is 2. The second-order valence-corrected chi connectivity index (χ2v) is 7.00. The van der Waals surface area contributed by atoms with Gasteiger partial charge in [0.05, 0.1) is 13.3 Å². The van der Waals surface area contributed by atoms with Gasteiger partial charge in [-0.3, -0.25) is 9.59 Å². The Morgan fingerprint density at radius 3 is 2.12 bits per heavy atom. The number of hydrogen-bond acceptors (Lipinski definition) is 4. The minimum Gasteiger partial charge on any atom is -0.496 e. The Morgan fingerprint density at radius 2 is 1.41 bits per heavy atom. The maximum atomic E-state index is 12.4. The number of nitrogens with zero attached hydrogens (tertiary/aromatic N) is 1. The number of carbonyl (C=O) groups is 2. The van der Waals surface area contributed by atoms with E-state index < -0.39 is 0 Å². The van der Waals surface area contributed by atoms with Crippen LogP contribution >= 0.6 is 0 Å². The van der Waals surface area contributed by atoms with Gasteiger partial charge in [-0.25, -0.2) is 5.43 Å². The Hall–Kier alpha value is -4.45. The first kappa shape index (κ1) is 20.8. The van der Waals surface area contributed by atoms with Gasteiger partial charge in [0.2, 0.25) is 0 Å². The zero-order chi connectivity index (χ0) is 22.3. The number of carbonyl (C=O) groups excluding carboxylic acids is 2. The smallest absolute Gasteiger partial charge is 0.271 e. The van der Waals surface area contributed by atoms with Crippen LogP contribution in [0.15, 0.2) is 96.1 Å². The molecule has 0 aromatic heterocycles. The lowest BCUT2D eigenvalue weighted by Gasteiger charge is -2.08. The average Bonchev–Trinajstić information content (AvgIpc) is 2.85. The number of methoxy groups -OCH3 is 1. The van der Waals surface area contributed by atoms with Crippen LogP contribution in [0, 0.1) is 0 Å². The number of anilines is 1. The highest BCUT2D eigenvalue weighted by Crippen LogP contribution is 2.27. The monoisotopic (exact) mass is 423 g/mol. The predicted octanol–water partition coefficient (Wildman–Crippen LogP) is 4.86. The molecular formula is C26H21N3O3. The predicted molar refractivity (Wildman–Crippen MR) is 126 cm³/mol. The number of nitrogens with one attached hydrogen (secondary N) is 2. The molecule has 0 spiro atoms. The van der Waals surface area contributed by atoms with Crippen molar-refractivity contribution in [3.8, 4) is 5.75 Å². The Kier molecular flexibility index (Phi) is 6.22. The molecule has 0 heterocycles. The molecule has 6 nitrogen and oxygen atoms in total. The molecule has 0 aliphatic rings. The van der Waals surface area contributed by atoms with Crippen molar-refractivity contribution in [1.82, 2.24) is 5.43 Å². The summed E-state index contributed by atoms with van der Waals surface area (Å²) in [5, 5.41) is 8.85. The number of fused-ring (bicyclic) bond motifs is 1. The second kappa shape index (κ2) is 9.57. The van der Waals surface area contributed by atoms with Crippen molar-refractivity contribution in [2.24, 2.45) is 5.10 Å². The van der Waals surface area contributed by atoms with E-state index in [1.54, 1.807) is 61.9 Å².